The van der Waals surface area contributed by atoms with Gasteiger partial charge in [0.15, 0.2) is 0 Å². The van der Waals surface area contributed by atoms with Crippen molar-refractivity contribution in [2.75, 3.05) is 11.5 Å². The van der Waals surface area contributed by atoms with E-state index in [1.54, 1.807) is 0 Å². The summed E-state index contributed by atoms with van der Waals surface area (Å²) in [7, 11) is -0.953. The molecule has 0 saturated heterocycles. The van der Waals surface area contributed by atoms with Crippen molar-refractivity contribution in [3.8, 4) is 0 Å². The fourth-order valence-corrected chi connectivity index (χ4v) is 3.04. The monoisotopic (exact) mass is 269 g/mol. The minimum Gasteiger partial charge on any atom is -0.387 e. The van der Waals surface area contributed by atoms with E-state index in [0.29, 0.717) is 24.0 Å². The summed E-state index contributed by atoms with van der Waals surface area (Å²) in [6.07, 6.45) is 0.288. The van der Waals surface area contributed by atoms with E-state index in [4.69, 9.17) is 5.73 Å². The first kappa shape index (κ1) is 15.3. The normalized spacial score (nSPS) is 14.7. The maximum Gasteiger partial charge on any atom is 0.0905 e. The molecule has 102 valence electrons. The molecule has 4 heteroatoms. The van der Waals surface area contributed by atoms with Gasteiger partial charge in [-0.1, -0.05) is 38.1 Å². The molecule has 0 bridgehead atoms. The van der Waals surface area contributed by atoms with E-state index in [-0.39, 0.29) is 0 Å². The SMILES string of the molecule is CC(C)CCS(=O)CC(O)c1ccc(CN)cc1. The van der Waals surface area contributed by atoms with Gasteiger partial charge in [0.05, 0.1) is 11.9 Å². The lowest BCUT2D eigenvalue weighted by molar-refractivity contribution is 0.203. The van der Waals surface area contributed by atoms with Gasteiger partial charge in [0.25, 0.3) is 0 Å². The van der Waals surface area contributed by atoms with Crippen molar-refractivity contribution in [3.05, 3.63) is 35.4 Å². The number of hydrogen-bond acceptors (Lipinski definition) is 3. The summed E-state index contributed by atoms with van der Waals surface area (Å²) in [5, 5.41) is 10.00. The molecule has 0 amide bonds. The highest BCUT2D eigenvalue weighted by molar-refractivity contribution is 7.85. The van der Waals surface area contributed by atoms with Crippen LogP contribution in [0.25, 0.3) is 0 Å². The van der Waals surface area contributed by atoms with E-state index < -0.39 is 16.9 Å². The molecule has 0 heterocycles. The van der Waals surface area contributed by atoms with E-state index in [1.807, 2.05) is 24.3 Å². The Hall–Kier alpha value is -0.710. The number of aliphatic hydroxyl groups excluding tert-OH is 1. The molecule has 0 aromatic heterocycles. The highest BCUT2D eigenvalue weighted by Gasteiger charge is 2.12. The first-order chi connectivity index (χ1) is 8.52. The van der Waals surface area contributed by atoms with E-state index >= 15 is 0 Å². The van der Waals surface area contributed by atoms with Crippen LogP contribution in [0.3, 0.4) is 0 Å². The van der Waals surface area contributed by atoms with Crippen molar-refractivity contribution >= 4 is 10.8 Å². The molecule has 3 N–H and O–H groups in total. The zero-order valence-electron chi connectivity index (χ0n) is 11.1. The lowest BCUT2D eigenvalue weighted by Crippen LogP contribution is -2.12. The molecule has 0 spiro atoms. The molecule has 1 aromatic rings. The largest absolute Gasteiger partial charge is 0.387 e. The molecular weight excluding hydrogens is 246 g/mol. The van der Waals surface area contributed by atoms with Crippen LogP contribution in [0.15, 0.2) is 24.3 Å². The van der Waals surface area contributed by atoms with Crippen molar-refractivity contribution in [3.63, 3.8) is 0 Å². The molecule has 0 saturated carbocycles. The molecule has 1 aromatic carbocycles. The molecular formula is C14H23NO2S. The van der Waals surface area contributed by atoms with E-state index in [9.17, 15) is 9.32 Å². The summed E-state index contributed by atoms with van der Waals surface area (Å²) < 4.78 is 11.8. The molecule has 0 aliphatic heterocycles. The molecule has 0 fully saturated rings. The number of hydrogen-bond donors (Lipinski definition) is 2. The quantitative estimate of drug-likeness (QED) is 0.795. The van der Waals surface area contributed by atoms with Crippen molar-refractivity contribution in [1.29, 1.82) is 0 Å². The fourth-order valence-electron chi connectivity index (χ4n) is 1.60. The highest BCUT2D eigenvalue weighted by atomic mass is 32.2. The van der Waals surface area contributed by atoms with Crippen molar-refractivity contribution < 1.29 is 9.32 Å². The summed E-state index contributed by atoms with van der Waals surface area (Å²) in [6, 6.07) is 7.50. The van der Waals surface area contributed by atoms with Crippen LogP contribution in [-0.2, 0) is 17.3 Å². The maximum atomic E-state index is 11.8. The minimum atomic E-state index is -0.953. The van der Waals surface area contributed by atoms with Gasteiger partial charge in [-0.2, -0.15) is 0 Å². The van der Waals surface area contributed by atoms with Gasteiger partial charge < -0.3 is 10.8 Å². The number of benzene rings is 1. The van der Waals surface area contributed by atoms with Gasteiger partial charge >= 0.3 is 0 Å². The molecule has 2 unspecified atom stereocenters. The zero-order valence-corrected chi connectivity index (χ0v) is 12.0. The summed E-state index contributed by atoms with van der Waals surface area (Å²) in [4.78, 5) is 0. The van der Waals surface area contributed by atoms with Crippen LogP contribution in [0.2, 0.25) is 0 Å². The van der Waals surface area contributed by atoms with Gasteiger partial charge in [0, 0.05) is 23.1 Å². The van der Waals surface area contributed by atoms with Crippen molar-refractivity contribution in [2.24, 2.45) is 11.7 Å². The lowest BCUT2D eigenvalue weighted by atomic mass is 10.1. The number of nitrogens with two attached hydrogens (primary N) is 1. The Morgan fingerprint density at radius 2 is 1.89 bits per heavy atom. The van der Waals surface area contributed by atoms with Gasteiger partial charge in [-0.25, -0.2) is 0 Å². The van der Waals surface area contributed by atoms with Crippen LogP contribution in [0.4, 0.5) is 0 Å². The molecule has 2 atom stereocenters. The average molecular weight is 269 g/mol. The van der Waals surface area contributed by atoms with Crippen LogP contribution < -0.4 is 5.73 Å². The Morgan fingerprint density at radius 3 is 2.39 bits per heavy atom. The summed E-state index contributed by atoms with van der Waals surface area (Å²) in [5.74, 6) is 1.53. The predicted molar refractivity (Wildman–Crippen MR) is 76.6 cm³/mol. The van der Waals surface area contributed by atoms with Crippen LogP contribution >= 0.6 is 0 Å². The smallest absolute Gasteiger partial charge is 0.0905 e. The van der Waals surface area contributed by atoms with Gasteiger partial charge in [-0.15, -0.1) is 0 Å². The van der Waals surface area contributed by atoms with Gasteiger partial charge in [-0.3, -0.25) is 4.21 Å². The highest BCUT2D eigenvalue weighted by Crippen LogP contribution is 2.15. The summed E-state index contributed by atoms with van der Waals surface area (Å²) >= 11 is 0. The molecule has 0 aliphatic rings. The molecule has 0 aliphatic carbocycles. The first-order valence-corrected chi connectivity index (χ1v) is 7.83. The van der Waals surface area contributed by atoms with Crippen molar-refractivity contribution in [1.82, 2.24) is 0 Å². The third-order valence-corrected chi connectivity index (χ3v) is 4.25. The van der Waals surface area contributed by atoms with E-state index in [2.05, 4.69) is 13.8 Å². The third kappa shape index (κ3) is 5.29. The Kier molecular flexibility index (Phi) is 6.54. The summed E-state index contributed by atoms with van der Waals surface area (Å²) in [6.45, 7) is 4.72. The Balaban J connectivity index is 2.48. The lowest BCUT2D eigenvalue weighted by Gasteiger charge is -2.12. The molecule has 0 radical (unpaired) electrons. The standard InChI is InChI=1S/C14H23NO2S/c1-11(2)7-8-18(17)10-14(16)13-5-3-12(9-15)4-6-13/h3-6,11,14,16H,7-10,15H2,1-2H3. The zero-order chi connectivity index (χ0) is 13.5. The predicted octanol–water partition coefficient (Wildman–Crippen LogP) is 1.97. The minimum absolute atomic E-state index is 0.314. The second kappa shape index (κ2) is 7.67. The molecule has 1 rings (SSSR count). The third-order valence-electron chi connectivity index (χ3n) is 2.87. The number of aliphatic hydroxyl groups is 1. The van der Waals surface area contributed by atoms with Gasteiger partial charge in [0.2, 0.25) is 0 Å². The van der Waals surface area contributed by atoms with Crippen LogP contribution in [0.1, 0.15) is 37.5 Å². The second-order valence-corrected chi connectivity index (χ2v) is 6.58. The van der Waals surface area contributed by atoms with Crippen molar-refractivity contribution in [2.45, 2.75) is 32.9 Å². The summed E-state index contributed by atoms with van der Waals surface area (Å²) in [5.41, 5.74) is 7.36. The van der Waals surface area contributed by atoms with Gasteiger partial charge in [0.1, 0.15) is 0 Å². The second-order valence-electron chi connectivity index (χ2n) is 4.95. The average Bonchev–Trinajstić information content (AvgIpc) is 2.36. The Labute approximate surface area is 112 Å². The molecule has 18 heavy (non-hydrogen) atoms. The van der Waals surface area contributed by atoms with Gasteiger partial charge in [-0.05, 0) is 23.5 Å². The van der Waals surface area contributed by atoms with Crippen LogP contribution in [-0.4, -0.2) is 20.8 Å². The van der Waals surface area contributed by atoms with E-state index in [0.717, 1.165) is 17.5 Å². The topological polar surface area (TPSA) is 63.3 Å². The van der Waals surface area contributed by atoms with Crippen LogP contribution in [0.5, 0.6) is 0 Å². The Bertz CT molecular complexity index is 376. The first-order valence-electron chi connectivity index (χ1n) is 6.35. The van der Waals surface area contributed by atoms with E-state index in [1.165, 1.54) is 0 Å². The molecule has 3 nitrogen and oxygen atoms in total. The van der Waals surface area contributed by atoms with Crippen LogP contribution in [0, 0.1) is 5.92 Å². The maximum absolute atomic E-state index is 11.8. The number of rotatable bonds is 7. The Morgan fingerprint density at radius 1 is 1.28 bits per heavy atom. The fraction of sp³-hybridized carbons (Fsp3) is 0.571.